The first kappa shape index (κ1) is 16.1. The van der Waals surface area contributed by atoms with Gasteiger partial charge in [-0.1, -0.05) is 13.8 Å². The van der Waals surface area contributed by atoms with Crippen LogP contribution in [-0.4, -0.2) is 48.4 Å². The second-order valence-corrected chi connectivity index (χ2v) is 7.26. The molecule has 21 heavy (non-hydrogen) atoms. The molecule has 2 N–H and O–H groups in total. The van der Waals surface area contributed by atoms with Crippen LogP contribution in [0.3, 0.4) is 0 Å². The van der Waals surface area contributed by atoms with Gasteiger partial charge in [0, 0.05) is 31.5 Å². The highest BCUT2D eigenvalue weighted by atomic mass is 32.2. The Hall–Kier alpha value is -1.25. The Morgan fingerprint density at radius 1 is 1.29 bits per heavy atom. The van der Waals surface area contributed by atoms with Gasteiger partial charge in [0.05, 0.1) is 0 Å². The van der Waals surface area contributed by atoms with E-state index in [-0.39, 0.29) is 5.95 Å². The van der Waals surface area contributed by atoms with Gasteiger partial charge in [-0.25, -0.2) is 14.7 Å². The summed E-state index contributed by atoms with van der Waals surface area (Å²) in [5.41, 5.74) is 0. The first-order valence-electron chi connectivity index (χ1n) is 7.25. The fourth-order valence-electron chi connectivity index (χ4n) is 2.29. The van der Waals surface area contributed by atoms with Gasteiger partial charge in [0.1, 0.15) is 0 Å². The van der Waals surface area contributed by atoms with Crippen molar-refractivity contribution in [3.8, 4) is 0 Å². The Labute approximate surface area is 126 Å². The van der Waals surface area contributed by atoms with Crippen molar-refractivity contribution in [1.82, 2.24) is 19.6 Å². The molecule has 1 aliphatic rings. The highest BCUT2D eigenvalue weighted by Crippen LogP contribution is 2.19. The van der Waals surface area contributed by atoms with Crippen molar-refractivity contribution in [2.24, 2.45) is 5.92 Å². The summed E-state index contributed by atoms with van der Waals surface area (Å²) in [6.07, 6.45) is 4.76. The molecule has 0 aliphatic carbocycles. The zero-order chi connectivity index (χ0) is 15.3. The van der Waals surface area contributed by atoms with E-state index in [1.54, 1.807) is 6.07 Å². The molecule has 0 aromatic carbocycles. The number of nitrogens with one attached hydrogen (secondary N) is 2. The molecule has 1 aromatic heterocycles. The van der Waals surface area contributed by atoms with E-state index in [0.717, 1.165) is 19.4 Å². The van der Waals surface area contributed by atoms with Gasteiger partial charge >= 0.3 is 10.2 Å². The molecular weight excluding hydrogens is 290 g/mol. The molecule has 1 aliphatic heterocycles. The van der Waals surface area contributed by atoms with Crippen LogP contribution in [0.1, 0.15) is 26.7 Å². The van der Waals surface area contributed by atoms with Crippen molar-refractivity contribution < 1.29 is 8.42 Å². The topological polar surface area (TPSA) is 87.2 Å². The number of nitrogens with zero attached hydrogens (tertiary/aromatic N) is 3. The van der Waals surface area contributed by atoms with Crippen LogP contribution in [0.25, 0.3) is 0 Å². The maximum Gasteiger partial charge on any atom is 0.303 e. The fraction of sp³-hybridized carbons (Fsp3) is 0.692. The van der Waals surface area contributed by atoms with E-state index in [2.05, 4.69) is 33.9 Å². The van der Waals surface area contributed by atoms with E-state index in [4.69, 9.17) is 0 Å². The summed E-state index contributed by atoms with van der Waals surface area (Å²) in [6, 6.07) is 2.11. The molecule has 8 heteroatoms. The van der Waals surface area contributed by atoms with Crippen LogP contribution in [0.4, 0.5) is 5.95 Å². The molecule has 7 nitrogen and oxygen atoms in total. The summed E-state index contributed by atoms with van der Waals surface area (Å²) < 4.78 is 28.4. The highest BCUT2D eigenvalue weighted by molar-refractivity contribution is 7.90. The Kier molecular flexibility index (Phi) is 5.49. The summed E-state index contributed by atoms with van der Waals surface area (Å²) >= 11 is 0. The van der Waals surface area contributed by atoms with Gasteiger partial charge in [-0.2, -0.15) is 12.7 Å². The predicted molar refractivity (Wildman–Crippen MR) is 82.0 cm³/mol. The van der Waals surface area contributed by atoms with Crippen molar-refractivity contribution in [2.75, 3.05) is 24.4 Å². The maximum atomic E-state index is 12.2. The minimum Gasteiger partial charge on any atom is -0.314 e. The fourth-order valence-corrected chi connectivity index (χ4v) is 3.44. The normalized spacial score (nSPS) is 18.0. The van der Waals surface area contributed by atoms with E-state index in [1.165, 1.54) is 16.7 Å². The average Bonchev–Trinajstić information content (AvgIpc) is 2.46. The Morgan fingerprint density at radius 2 is 1.90 bits per heavy atom. The lowest BCUT2D eigenvalue weighted by Crippen LogP contribution is -2.44. The number of piperidine rings is 1. The molecule has 0 atom stereocenters. The van der Waals surface area contributed by atoms with E-state index in [0.29, 0.717) is 25.0 Å². The number of rotatable bonds is 6. The third kappa shape index (κ3) is 4.90. The van der Waals surface area contributed by atoms with Gasteiger partial charge in [0.25, 0.3) is 0 Å². The molecule has 0 bridgehead atoms. The predicted octanol–water partition coefficient (Wildman–Crippen LogP) is 0.843. The molecule has 118 valence electrons. The number of hydrogen-bond donors (Lipinski definition) is 2. The zero-order valence-electron chi connectivity index (χ0n) is 12.5. The molecule has 1 saturated heterocycles. The van der Waals surface area contributed by atoms with Crippen LogP contribution >= 0.6 is 0 Å². The third-order valence-corrected chi connectivity index (χ3v) is 5.00. The molecule has 1 fully saturated rings. The summed E-state index contributed by atoms with van der Waals surface area (Å²) in [7, 11) is -3.55. The Bertz CT molecular complexity index is 527. The lowest BCUT2D eigenvalue weighted by molar-refractivity contribution is 0.265. The van der Waals surface area contributed by atoms with Crippen molar-refractivity contribution in [2.45, 2.75) is 32.7 Å². The zero-order valence-corrected chi connectivity index (χ0v) is 13.3. The molecule has 0 amide bonds. The van der Waals surface area contributed by atoms with Gasteiger partial charge in [-0.3, -0.25) is 0 Å². The summed E-state index contributed by atoms with van der Waals surface area (Å²) in [4.78, 5) is 7.77. The van der Waals surface area contributed by atoms with Gasteiger partial charge in [0.15, 0.2) is 0 Å². The van der Waals surface area contributed by atoms with E-state index in [9.17, 15) is 8.42 Å². The van der Waals surface area contributed by atoms with Gasteiger partial charge in [0.2, 0.25) is 5.95 Å². The number of aromatic nitrogens is 2. The lowest BCUT2D eigenvalue weighted by Gasteiger charge is -2.31. The number of anilines is 1. The SMILES string of the molecule is CC(C)NCC1CCN(S(=O)(=O)Nc2ncccn2)CC1. The minimum absolute atomic E-state index is 0.112. The monoisotopic (exact) mass is 313 g/mol. The van der Waals surface area contributed by atoms with Gasteiger partial charge in [-0.15, -0.1) is 0 Å². The number of hydrogen-bond acceptors (Lipinski definition) is 5. The lowest BCUT2D eigenvalue weighted by atomic mass is 9.98. The second-order valence-electron chi connectivity index (χ2n) is 5.58. The molecule has 0 radical (unpaired) electrons. The molecule has 0 unspecified atom stereocenters. The van der Waals surface area contributed by atoms with Crippen molar-refractivity contribution in [1.29, 1.82) is 0 Å². The van der Waals surface area contributed by atoms with Crippen LogP contribution in [-0.2, 0) is 10.2 Å². The van der Waals surface area contributed by atoms with Crippen LogP contribution < -0.4 is 10.0 Å². The van der Waals surface area contributed by atoms with E-state index < -0.39 is 10.2 Å². The molecular formula is C13H23N5O2S. The first-order chi connectivity index (χ1) is 9.97. The highest BCUT2D eigenvalue weighted by Gasteiger charge is 2.28. The third-order valence-electron chi connectivity index (χ3n) is 3.51. The average molecular weight is 313 g/mol. The van der Waals surface area contributed by atoms with Crippen LogP contribution in [0.5, 0.6) is 0 Å². The van der Waals surface area contributed by atoms with Crippen LogP contribution in [0.15, 0.2) is 18.5 Å². The Morgan fingerprint density at radius 3 is 2.48 bits per heavy atom. The summed E-state index contributed by atoms with van der Waals surface area (Å²) in [6.45, 7) is 6.24. The van der Waals surface area contributed by atoms with Gasteiger partial charge in [-0.05, 0) is 31.4 Å². The Balaban J connectivity index is 1.86. The molecule has 0 saturated carbocycles. The van der Waals surface area contributed by atoms with Crippen molar-refractivity contribution >= 4 is 16.2 Å². The molecule has 2 heterocycles. The van der Waals surface area contributed by atoms with E-state index in [1.807, 2.05) is 0 Å². The van der Waals surface area contributed by atoms with Crippen LogP contribution in [0, 0.1) is 5.92 Å². The van der Waals surface area contributed by atoms with Gasteiger partial charge < -0.3 is 5.32 Å². The molecule has 1 aromatic rings. The molecule has 2 rings (SSSR count). The minimum atomic E-state index is -3.55. The van der Waals surface area contributed by atoms with Crippen LogP contribution in [0.2, 0.25) is 0 Å². The standard InChI is InChI=1S/C13H23N5O2S/c1-11(2)16-10-12-4-8-18(9-5-12)21(19,20)17-13-14-6-3-7-15-13/h3,6-7,11-12,16H,4-5,8-10H2,1-2H3,(H,14,15,17). The van der Waals surface area contributed by atoms with E-state index >= 15 is 0 Å². The smallest absolute Gasteiger partial charge is 0.303 e. The largest absolute Gasteiger partial charge is 0.314 e. The quantitative estimate of drug-likeness (QED) is 0.813. The molecule has 0 spiro atoms. The van der Waals surface area contributed by atoms with Crippen molar-refractivity contribution in [3.05, 3.63) is 18.5 Å². The summed E-state index contributed by atoms with van der Waals surface area (Å²) in [5, 5.41) is 3.41. The first-order valence-corrected chi connectivity index (χ1v) is 8.69. The second kappa shape index (κ2) is 7.15. The summed E-state index contributed by atoms with van der Waals surface area (Å²) in [5.74, 6) is 0.646. The maximum absolute atomic E-state index is 12.2. The van der Waals surface area contributed by atoms with Crippen molar-refractivity contribution in [3.63, 3.8) is 0 Å².